The second-order valence-corrected chi connectivity index (χ2v) is 2.68. The van der Waals surface area contributed by atoms with Crippen LogP contribution >= 0.6 is 0 Å². The second-order valence-electron chi connectivity index (χ2n) is 2.68. The lowest BCUT2D eigenvalue weighted by Crippen LogP contribution is -2.17. The second kappa shape index (κ2) is 8.31. The summed E-state index contributed by atoms with van der Waals surface area (Å²) < 4.78 is 4.20. The number of hydrogen-bond acceptors (Lipinski definition) is 3. The number of carboxylic acids is 1. The van der Waals surface area contributed by atoms with E-state index < -0.39 is 5.97 Å². The number of hydrogen-bond donors (Lipinski definition) is 1. The highest BCUT2D eigenvalue weighted by Crippen LogP contribution is 1.95. The van der Waals surface area contributed by atoms with E-state index in [2.05, 4.69) is 41.0 Å². The van der Waals surface area contributed by atoms with Crippen molar-refractivity contribution in [2.24, 2.45) is 0 Å². The van der Waals surface area contributed by atoms with Crippen LogP contribution in [0.4, 0.5) is 0 Å². The van der Waals surface area contributed by atoms with Crippen LogP contribution in [0.15, 0.2) is 24.4 Å². The molecule has 0 aromatic carbocycles. The maximum atomic E-state index is 9.47. The SMILES string of the molecule is CCN1C=CC=CC1.COCC(=O)O. The molecule has 0 unspecified atom stereocenters. The molecule has 0 aromatic rings. The van der Waals surface area contributed by atoms with Crippen LogP contribution in [0.2, 0.25) is 0 Å². The smallest absolute Gasteiger partial charge is 0.329 e. The van der Waals surface area contributed by atoms with Gasteiger partial charge in [0.2, 0.25) is 0 Å². The van der Waals surface area contributed by atoms with Gasteiger partial charge in [-0.25, -0.2) is 4.79 Å². The van der Waals surface area contributed by atoms with Crippen LogP contribution in [0.25, 0.3) is 0 Å². The molecule has 0 aromatic heterocycles. The van der Waals surface area contributed by atoms with Gasteiger partial charge < -0.3 is 14.7 Å². The minimum atomic E-state index is -0.933. The number of carbonyl (C=O) groups is 1. The van der Waals surface area contributed by atoms with Crippen LogP contribution < -0.4 is 0 Å². The number of rotatable bonds is 3. The molecule has 0 amide bonds. The molecule has 0 fully saturated rings. The molecule has 1 rings (SSSR count). The van der Waals surface area contributed by atoms with Crippen molar-refractivity contribution >= 4 is 5.97 Å². The molecule has 0 radical (unpaired) electrons. The molecule has 0 spiro atoms. The molecule has 4 nitrogen and oxygen atoms in total. The predicted octanol–water partition coefficient (Wildman–Crippen LogP) is 1.11. The van der Waals surface area contributed by atoms with E-state index in [-0.39, 0.29) is 6.61 Å². The summed E-state index contributed by atoms with van der Waals surface area (Å²) in [5.41, 5.74) is 0. The molecule has 14 heavy (non-hydrogen) atoms. The van der Waals surface area contributed by atoms with Gasteiger partial charge in [-0.1, -0.05) is 12.2 Å². The van der Waals surface area contributed by atoms with Gasteiger partial charge >= 0.3 is 5.97 Å². The maximum Gasteiger partial charge on any atom is 0.329 e. The van der Waals surface area contributed by atoms with Crippen LogP contribution in [-0.2, 0) is 9.53 Å². The standard InChI is InChI=1S/C7H11N.C3H6O3/c1-2-8-6-4-3-5-7-8;1-6-2-3(4)5/h3-6H,2,7H2,1H3;2H2,1H3,(H,4,5). The predicted molar refractivity (Wildman–Crippen MR) is 55.0 cm³/mol. The van der Waals surface area contributed by atoms with E-state index in [0.717, 1.165) is 13.1 Å². The van der Waals surface area contributed by atoms with E-state index in [1.165, 1.54) is 7.11 Å². The molecule has 1 aliphatic heterocycles. The van der Waals surface area contributed by atoms with Gasteiger partial charge in [0.05, 0.1) is 0 Å². The summed E-state index contributed by atoms with van der Waals surface area (Å²) in [5, 5.41) is 7.79. The number of likely N-dealkylation sites (N-methyl/N-ethyl adjacent to an activating group) is 1. The number of nitrogens with zero attached hydrogens (tertiary/aromatic N) is 1. The lowest BCUT2D eigenvalue weighted by Gasteiger charge is -2.16. The summed E-state index contributed by atoms with van der Waals surface area (Å²) in [5.74, 6) is -0.933. The lowest BCUT2D eigenvalue weighted by atomic mass is 10.3. The molecule has 0 bridgehead atoms. The lowest BCUT2D eigenvalue weighted by molar-refractivity contribution is -0.141. The quantitative estimate of drug-likeness (QED) is 0.739. The van der Waals surface area contributed by atoms with Gasteiger partial charge in [-0.2, -0.15) is 0 Å². The highest BCUT2D eigenvalue weighted by Gasteiger charge is 1.91. The van der Waals surface area contributed by atoms with E-state index in [1.54, 1.807) is 0 Å². The van der Waals surface area contributed by atoms with Crippen molar-refractivity contribution in [3.63, 3.8) is 0 Å². The zero-order chi connectivity index (χ0) is 10.8. The minimum absolute atomic E-state index is 0.208. The van der Waals surface area contributed by atoms with Gasteiger partial charge in [0.25, 0.3) is 0 Å². The normalized spacial score (nSPS) is 13.4. The van der Waals surface area contributed by atoms with E-state index in [4.69, 9.17) is 5.11 Å². The fourth-order valence-corrected chi connectivity index (χ4v) is 0.865. The average Bonchev–Trinajstić information content (AvgIpc) is 2.20. The Morgan fingerprint density at radius 1 is 1.57 bits per heavy atom. The van der Waals surface area contributed by atoms with Gasteiger partial charge in [0.1, 0.15) is 6.61 Å². The van der Waals surface area contributed by atoms with Gasteiger partial charge in [-0.15, -0.1) is 0 Å². The van der Waals surface area contributed by atoms with Crippen molar-refractivity contribution < 1.29 is 14.6 Å². The van der Waals surface area contributed by atoms with Gasteiger partial charge in [0.15, 0.2) is 0 Å². The third-order valence-electron chi connectivity index (χ3n) is 1.56. The first-order chi connectivity index (χ1) is 6.70. The highest BCUT2D eigenvalue weighted by atomic mass is 16.5. The zero-order valence-electron chi connectivity index (χ0n) is 8.64. The molecule has 0 atom stereocenters. The van der Waals surface area contributed by atoms with Crippen molar-refractivity contribution in [3.05, 3.63) is 24.4 Å². The summed E-state index contributed by atoms with van der Waals surface area (Å²) in [7, 11) is 1.34. The summed E-state index contributed by atoms with van der Waals surface area (Å²) in [6, 6.07) is 0. The molecule has 0 saturated carbocycles. The summed E-state index contributed by atoms with van der Waals surface area (Å²) in [4.78, 5) is 11.7. The summed E-state index contributed by atoms with van der Waals surface area (Å²) in [6.45, 7) is 4.14. The average molecular weight is 199 g/mol. The maximum absolute atomic E-state index is 9.47. The van der Waals surface area contributed by atoms with Gasteiger partial charge in [0, 0.05) is 20.2 Å². The molecule has 4 heteroatoms. The van der Waals surface area contributed by atoms with E-state index in [0.29, 0.717) is 0 Å². The Bertz CT molecular complexity index is 211. The van der Waals surface area contributed by atoms with Crippen LogP contribution in [0.5, 0.6) is 0 Å². The van der Waals surface area contributed by atoms with Crippen LogP contribution in [-0.4, -0.2) is 42.8 Å². The Morgan fingerprint density at radius 2 is 2.29 bits per heavy atom. The number of carboxylic acid groups (broad SMARTS) is 1. The van der Waals surface area contributed by atoms with Crippen LogP contribution in [0.1, 0.15) is 6.92 Å². The molecule has 0 aliphatic carbocycles. The third kappa shape index (κ3) is 7.36. The number of ether oxygens (including phenoxy) is 1. The Hall–Kier alpha value is -1.29. The highest BCUT2D eigenvalue weighted by molar-refractivity contribution is 5.67. The first-order valence-corrected chi connectivity index (χ1v) is 4.48. The fourth-order valence-electron chi connectivity index (χ4n) is 0.865. The number of methoxy groups -OCH3 is 1. The molecule has 1 heterocycles. The molecule has 0 saturated heterocycles. The zero-order valence-corrected chi connectivity index (χ0v) is 8.64. The van der Waals surface area contributed by atoms with Crippen molar-refractivity contribution in [2.45, 2.75) is 6.92 Å². The van der Waals surface area contributed by atoms with E-state index in [9.17, 15) is 4.79 Å². The van der Waals surface area contributed by atoms with Crippen molar-refractivity contribution in [2.75, 3.05) is 26.8 Å². The topological polar surface area (TPSA) is 49.8 Å². The Balaban J connectivity index is 0.000000255. The fraction of sp³-hybridized carbons (Fsp3) is 0.500. The van der Waals surface area contributed by atoms with Gasteiger partial charge in [-0.3, -0.25) is 0 Å². The molecule has 1 N–H and O–H groups in total. The first kappa shape index (κ1) is 12.7. The summed E-state index contributed by atoms with van der Waals surface area (Å²) >= 11 is 0. The molecular weight excluding hydrogens is 182 g/mol. The molecular formula is C10H17NO3. The van der Waals surface area contributed by atoms with Gasteiger partial charge in [-0.05, 0) is 19.2 Å². The number of aliphatic carboxylic acids is 1. The van der Waals surface area contributed by atoms with E-state index in [1.807, 2.05) is 0 Å². The minimum Gasteiger partial charge on any atom is -0.480 e. The Morgan fingerprint density at radius 3 is 2.50 bits per heavy atom. The van der Waals surface area contributed by atoms with E-state index >= 15 is 0 Å². The van der Waals surface area contributed by atoms with Crippen molar-refractivity contribution in [1.82, 2.24) is 4.90 Å². The van der Waals surface area contributed by atoms with Crippen LogP contribution in [0, 0.1) is 0 Å². The third-order valence-corrected chi connectivity index (χ3v) is 1.56. The molecule has 80 valence electrons. The van der Waals surface area contributed by atoms with Crippen molar-refractivity contribution in [1.29, 1.82) is 0 Å². The largest absolute Gasteiger partial charge is 0.480 e. The van der Waals surface area contributed by atoms with Crippen molar-refractivity contribution in [3.8, 4) is 0 Å². The Labute approximate surface area is 84.5 Å². The Kier molecular flexibility index (Phi) is 7.55. The summed E-state index contributed by atoms with van der Waals surface area (Å²) in [6.07, 6.45) is 8.41. The van der Waals surface area contributed by atoms with Crippen LogP contribution in [0.3, 0.4) is 0 Å². The number of allylic oxidation sites excluding steroid dienone is 2. The monoisotopic (exact) mass is 199 g/mol. The molecule has 1 aliphatic rings. The first-order valence-electron chi connectivity index (χ1n) is 4.48.